The summed E-state index contributed by atoms with van der Waals surface area (Å²) in [5.74, 6) is 0.384. The maximum Gasteiger partial charge on any atom is 0.133 e. The molecule has 0 rings (SSSR count). The number of alkyl halides is 1. The maximum absolute atomic E-state index is 11.4. The number of Topliss-reactive ketones (excluding diaryl/α,β-unsaturated/α-hetero) is 1. The molecule has 26 heavy (non-hydrogen) atoms. The molecule has 0 spiro atoms. The van der Waals surface area contributed by atoms with E-state index in [-0.39, 0.29) is 0 Å². The molecule has 0 aliphatic rings. The molecule has 0 saturated heterocycles. The first-order chi connectivity index (χ1) is 12.8. The van der Waals surface area contributed by atoms with Crippen LogP contribution >= 0.6 is 15.9 Å². The van der Waals surface area contributed by atoms with Gasteiger partial charge in [0.05, 0.1) is 0 Å². The molecule has 0 saturated carbocycles. The van der Waals surface area contributed by atoms with E-state index in [2.05, 4.69) is 64.5 Å². The number of nitrogens with two attached hydrogens (primary N) is 1. The first-order valence-corrected chi connectivity index (χ1v) is 11.3. The average Bonchev–Trinajstić information content (AvgIpc) is 2.64. The fourth-order valence-corrected chi connectivity index (χ4v) is 2.89. The largest absolute Gasteiger partial charge is 0.330 e. The first-order valence-electron chi connectivity index (χ1n) is 10.2. The minimum atomic E-state index is 0.384. The summed E-state index contributed by atoms with van der Waals surface area (Å²) < 4.78 is 0. The number of allylic oxidation sites excluding steroid dienone is 8. The number of rotatable bonds is 18. The molecule has 0 aromatic carbocycles. The Morgan fingerprint density at radius 3 is 1.65 bits per heavy atom. The number of hydrogen-bond acceptors (Lipinski definition) is 2. The molecule has 2 N–H and O–H groups in total. The molecule has 0 aromatic rings. The monoisotopic (exact) mass is 423 g/mol. The molecule has 3 heteroatoms. The van der Waals surface area contributed by atoms with E-state index in [1.54, 1.807) is 0 Å². The summed E-state index contributed by atoms with van der Waals surface area (Å²) in [6.07, 6.45) is 30.3. The van der Waals surface area contributed by atoms with Crippen LogP contribution in [-0.4, -0.2) is 17.7 Å². The van der Waals surface area contributed by atoms with Gasteiger partial charge in [0.2, 0.25) is 0 Å². The predicted octanol–water partition coefficient (Wildman–Crippen LogP) is 6.82. The maximum atomic E-state index is 11.4. The molecule has 0 unspecified atom stereocenters. The molecule has 0 fully saturated rings. The van der Waals surface area contributed by atoms with Gasteiger partial charge in [-0.25, -0.2) is 0 Å². The van der Waals surface area contributed by atoms with Crippen LogP contribution in [0.4, 0.5) is 0 Å². The van der Waals surface area contributed by atoms with E-state index in [9.17, 15) is 4.79 Å². The predicted molar refractivity (Wildman–Crippen MR) is 120 cm³/mol. The lowest BCUT2D eigenvalue weighted by Gasteiger charge is -1.98. The number of unbranched alkanes of at least 4 members (excludes halogenated alkanes) is 5. The SMILES string of the molecule is NCCCCC=CCC=CCC=CCC=CCCCCCC(=O)CCBr. The van der Waals surface area contributed by atoms with Crippen molar-refractivity contribution in [3.05, 3.63) is 48.6 Å². The lowest BCUT2D eigenvalue weighted by atomic mass is 10.1. The van der Waals surface area contributed by atoms with Gasteiger partial charge >= 0.3 is 0 Å². The Balaban J connectivity index is 3.40. The number of hydrogen-bond donors (Lipinski definition) is 1. The van der Waals surface area contributed by atoms with Crippen LogP contribution in [0.3, 0.4) is 0 Å². The molecular weight excluding hydrogens is 386 g/mol. The molecule has 2 nitrogen and oxygen atoms in total. The van der Waals surface area contributed by atoms with Crippen LogP contribution < -0.4 is 5.73 Å². The molecule has 0 aliphatic heterocycles. The van der Waals surface area contributed by atoms with Crippen LogP contribution in [0.5, 0.6) is 0 Å². The molecule has 0 aliphatic carbocycles. The highest BCUT2D eigenvalue weighted by molar-refractivity contribution is 9.09. The van der Waals surface area contributed by atoms with Gasteiger partial charge in [0.1, 0.15) is 5.78 Å². The summed E-state index contributed by atoms with van der Waals surface area (Å²) in [6.45, 7) is 0.801. The van der Waals surface area contributed by atoms with Crippen molar-refractivity contribution in [3.8, 4) is 0 Å². The lowest BCUT2D eigenvalue weighted by molar-refractivity contribution is -0.118. The average molecular weight is 424 g/mol. The number of ketones is 1. The Morgan fingerprint density at radius 1 is 0.654 bits per heavy atom. The van der Waals surface area contributed by atoms with Gasteiger partial charge in [0.15, 0.2) is 0 Å². The normalized spacial score (nSPS) is 12.4. The molecule has 0 radical (unpaired) electrons. The third-order valence-electron chi connectivity index (χ3n) is 4.01. The zero-order valence-corrected chi connectivity index (χ0v) is 18.0. The zero-order valence-electron chi connectivity index (χ0n) is 16.4. The fraction of sp³-hybridized carbons (Fsp3) is 0.609. The molecule has 0 atom stereocenters. The van der Waals surface area contributed by atoms with Crippen molar-refractivity contribution in [2.24, 2.45) is 5.73 Å². The third-order valence-corrected chi connectivity index (χ3v) is 4.40. The summed E-state index contributed by atoms with van der Waals surface area (Å²) >= 11 is 3.30. The van der Waals surface area contributed by atoms with E-state index in [4.69, 9.17) is 5.73 Å². The summed E-state index contributed by atoms with van der Waals surface area (Å²) in [7, 11) is 0. The standard InChI is InChI=1S/C23H38BrNO/c24-21-20-23(26)19-17-15-13-11-9-7-5-3-1-2-4-6-8-10-12-14-16-18-22-25/h1,3-4,6-7,9-10,12H,2,5,8,11,13-22,25H2. The Labute approximate surface area is 169 Å². The summed E-state index contributed by atoms with van der Waals surface area (Å²) in [5.41, 5.74) is 5.46. The zero-order chi connectivity index (χ0) is 19.1. The minimum absolute atomic E-state index is 0.384. The molecule has 148 valence electrons. The van der Waals surface area contributed by atoms with Crippen molar-refractivity contribution in [1.82, 2.24) is 0 Å². The third kappa shape index (κ3) is 21.1. The van der Waals surface area contributed by atoms with E-state index in [1.165, 1.54) is 12.8 Å². The second-order valence-corrected chi connectivity index (χ2v) is 7.25. The van der Waals surface area contributed by atoms with Crippen molar-refractivity contribution in [3.63, 3.8) is 0 Å². The molecule has 0 bridgehead atoms. The highest BCUT2D eigenvalue weighted by atomic mass is 79.9. The van der Waals surface area contributed by atoms with Crippen molar-refractivity contribution >= 4 is 21.7 Å². The minimum Gasteiger partial charge on any atom is -0.330 e. The molecule has 0 amide bonds. The molecular formula is C23H38BrNO. The smallest absolute Gasteiger partial charge is 0.133 e. The Morgan fingerprint density at radius 2 is 1.15 bits per heavy atom. The Hall–Kier alpha value is -0.930. The van der Waals surface area contributed by atoms with E-state index in [1.807, 2.05) is 0 Å². The van der Waals surface area contributed by atoms with Crippen molar-refractivity contribution in [2.75, 3.05) is 11.9 Å². The topological polar surface area (TPSA) is 43.1 Å². The second-order valence-electron chi connectivity index (χ2n) is 6.45. The van der Waals surface area contributed by atoms with Crippen LogP contribution in [0.2, 0.25) is 0 Å². The van der Waals surface area contributed by atoms with E-state index in [0.717, 1.165) is 69.7 Å². The van der Waals surface area contributed by atoms with Crippen LogP contribution in [0, 0.1) is 0 Å². The van der Waals surface area contributed by atoms with Crippen LogP contribution in [-0.2, 0) is 4.79 Å². The van der Waals surface area contributed by atoms with Gasteiger partial charge in [-0.15, -0.1) is 0 Å². The van der Waals surface area contributed by atoms with Crippen molar-refractivity contribution < 1.29 is 4.79 Å². The van der Waals surface area contributed by atoms with Gasteiger partial charge in [-0.1, -0.05) is 71.0 Å². The molecule has 0 aromatic heterocycles. The highest BCUT2D eigenvalue weighted by Crippen LogP contribution is 2.06. The van der Waals surface area contributed by atoms with E-state index >= 15 is 0 Å². The van der Waals surface area contributed by atoms with E-state index < -0.39 is 0 Å². The number of carbonyl (C=O) groups is 1. The van der Waals surface area contributed by atoms with Crippen molar-refractivity contribution in [2.45, 2.75) is 77.0 Å². The van der Waals surface area contributed by atoms with E-state index in [0.29, 0.717) is 12.2 Å². The van der Waals surface area contributed by atoms with Gasteiger partial charge in [-0.05, 0) is 64.3 Å². The van der Waals surface area contributed by atoms with Crippen molar-refractivity contribution in [1.29, 1.82) is 0 Å². The second kappa shape index (κ2) is 22.1. The molecule has 0 heterocycles. The quantitative estimate of drug-likeness (QED) is 0.149. The first kappa shape index (κ1) is 25.1. The summed E-state index contributed by atoms with van der Waals surface area (Å²) in [6, 6.07) is 0. The summed E-state index contributed by atoms with van der Waals surface area (Å²) in [5, 5.41) is 0.796. The highest BCUT2D eigenvalue weighted by Gasteiger charge is 1.99. The number of halogens is 1. The van der Waals surface area contributed by atoms with Crippen LogP contribution in [0.15, 0.2) is 48.6 Å². The van der Waals surface area contributed by atoms with Crippen LogP contribution in [0.25, 0.3) is 0 Å². The Bertz CT molecular complexity index is 424. The number of carbonyl (C=O) groups excluding carboxylic acids is 1. The summed E-state index contributed by atoms with van der Waals surface area (Å²) in [4.78, 5) is 11.4. The van der Waals surface area contributed by atoms with Gasteiger partial charge in [-0.3, -0.25) is 4.79 Å². The Kier molecular flexibility index (Phi) is 21.3. The fourth-order valence-electron chi connectivity index (χ4n) is 2.45. The van der Waals surface area contributed by atoms with Gasteiger partial charge in [0.25, 0.3) is 0 Å². The van der Waals surface area contributed by atoms with Gasteiger partial charge in [-0.2, -0.15) is 0 Å². The van der Waals surface area contributed by atoms with Gasteiger partial charge < -0.3 is 5.73 Å². The lowest BCUT2D eigenvalue weighted by Crippen LogP contribution is -1.97. The van der Waals surface area contributed by atoms with Gasteiger partial charge in [0, 0.05) is 18.2 Å². The van der Waals surface area contributed by atoms with Crippen LogP contribution in [0.1, 0.15) is 77.0 Å².